The van der Waals surface area contributed by atoms with E-state index in [0.717, 1.165) is 31.8 Å². The average Bonchev–Trinajstić information content (AvgIpc) is 2.93. The molecular weight excluding hydrogens is 269 g/mol. The number of halogens is 1. The van der Waals surface area contributed by atoms with Crippen LogP contribution in [0.4, 0.5) is 10.1 Å². The van der Waals surface area contributed by atoms with Crippen molar-refractivity contribution in [2.45, 2.75) is 18.8 Å². The van der Waals surface area contributed by atoms with Crippen molar-refractivity contribution in [3.05, 3.63) is 41.7 Å². The summed E-state index contributed by atoms with van der Waals surface area (Å²) in [7, 11) is 1.95. The van der Waals surface area contributed by atoms with Crippen LogP contribution < -0.4 is 4.90 Å². The molecule has 1 saturated heterocycles. The van der Waals surface area contributed by atoms with Gasteiger partial charge in [-0.15, -0.1) is 10.2 Å². The molecule has 0 radical (unpaired) electrons. The van der Waals surface area contributed by atoms with E-state index >= 15 is 0 Å². The first-order valence-corrected chi connectivity index (χ1v) is 6.98. The number of piperidine rings is 1. The van der Waals surface area contributed by atoms with Crippen LogP contribution in [0.5, 0.6) is 0 Å². The van der Waals surface area contributed by atoms with E-state index in [1.807, 2.05) is 23.8 Å². The Hall–Kier alpha value is -2.42. The minimum absolute atomic E-state index is 0.134. The molecule has 0 unspecified atom stereocenters. The summed E-state index contributed by atoms with van der Waals surface area (Å²) in [5.74, 6) is 0.910. The number of nitrogens with zero attached hydrogens (tertiary/aromatic N) is 5. The Labute approximate surface area is 122 Å². The van der Waals surface area contributed by atoms with Crippen molar-refractivity contribution in [3.8, 4) is 6.07 Å². The van der Waals surface area contributed by atoms with Gasteiger partial charge in [0.05, 0.1) is 5.69 Å². The van der Waals surface area contributed by atoms with Crippen molar-refractivity contribution in [2.75, 3.05) is 18.0 Å². The second-order valence-electron chi connectivity index (χ2n) is 5.31. The molecule has 2 aromatic rings. The molecule has 1 aromatic heterocycles. The lowest BCUT2D eigenvalue weighted by Gasteiger charge is -2.33. The molecule has 2 heterocycles. The molecule has 0 N–H and O–H groups in total. The van der Waals surface area contributed by atoms with Crippen LogP contribution in [0.3, 0.4) is 0 Å². The van der Waals surface area contributed by atoms with Gasteiger partial charge < -0.3 is 9.47 Å². The number of anilines is 1. The summed E-state index contributed by atoms with van der Waals surface area (Å²) >= 11 is 0. The number of nitriles is 1. The fraction of sp³-hybridized carbons (Fsp3) is 0.400. The Balaban J connectivity index is 1.76. The van der Waals surface area contributed by atoms with Gasteiger partial charge in [0.25, 0.3) is 0 Å². The lowest BCUT2D eigenvalue weighted by molar-refractivity contribution is 0.473. The number of aryl methyl sites for hydroxylation is 1. The molecule has 3 rings (SSSR count). The van der Waals surface area contributed by atoms with E-state index in [0.29, 0.717) is 11.6 Å². The molecule has 5 nitrogen and oxygen atoms in total. The predicted molar refractivity (Wildman–Crippen MR) is 76.3 cm³/mol. The zero-order valence-corrected chi connectivity index (χ0v) is 11.8. The summed E-state index contributed by atoms with van der Waals surface area (Å²) in [6.07, 6.45) is 3.56. The maximum Gasteiger partial charge on any atom is 0.143 e. The highest BCUT2D eigenvalue weighted by Gasteiger charge is 2.25. The highest BCUT2D eigenvalue weighted by Crippen LogP contribution is 2.31. The quantitative estimate of drug-likeness (QED) is 0.849. The van der Waals surface area contributed by atoms with Gasteiger partial charge in [-0.2, -0.15) is 5.26 Å². The van der Waals surface area contributed by atoms with Crippen LogP contribution in [-0.2, 0) is 7.05 Å². The van der Waals surface area contributed by atoms with Crippen LogP contribution in [0.25, 0.3) is 0 Å². The van der Waals surface area contributed by atoms with Gasteiger partial charge in [0.2, 0.25) is 0 Å². The first-order chi connectivity index (χ1) is 10.2. The number of hydrogen-bond donors (Lipinski definition) is 0. The van der Waals surface area contributed by atoms with Crippen LogP contribution in [-0.4, -0.2) is 27.9 Å². The fourth-order valence-corrected chi connectivity index (χ4v) is 2.93. The number of rotatable bonds is 2. The lowest BCUT2D eigenvalue weighted by Crippen LogP contribution is -2.34. The smallest absolute Gasteiger partial charge is 0.143 e. The summed E-state index contributed by atoms with van der Waals surface area (Å²) in [4.78, 5) is 2.08. The van der Waals surface area contributed by atoms with E-state index in [1.54, 1.807) is 12.4 Å². The van der Waals surface area contributed by atoms with Gasteiger partial charge in [-0.1, -0.05) is 6.07 Å². The van der Waals surface area contributed by atoms with Crippen LogP contribution in [0.1, 0.15) is 30.1 Å². The van der Waals surface area contributed by atoms with Crippen LogP contribution in [0.15, 0.2) is 24.5 Å². The number of benzene rings is 1. The summed E-state index contributed by atoms with van der Waals surface area (Å²) in [6.45, 7) is 1.57. The monoisotopic (exact) mass is 285 g/mol. The second-order valence-corrected chi connectivity index (χ2v) is 5.31. The third-order valence-corrected chi connectivity index (χ3v) is 4.05. The summed E-state index contributed by atoms with van der Waals surface area (Å²) in [6, 6.07) is 6.76. The molecule has 21 heavy (non-hydrogen) atoms. The Morgan fingerprint density at radius 2 is 2.10 bits per heavy atom. The van der Waals surface area contributed by atoms with Crippen molar-refractivity contribution in [2.24, 2.45) is 7.05 Å². The third kappa shape index (κ3) is 2.47. The molecule has 1 fully saturated rings. The minimum Gasteiger partial charge on any atom is -0.370 e. The van der Waals surface area contributed by atoms with E-state index in [1.165, 1.54) is 6.07 Å². The highest BCUT2D eigenvalue weighted by atomic mass is 19.1. The minimum atomic E-state index is -0.453. The van der Waals surface area contributed by atoms with Crippen molar-refractivity contribution in [1.29, 1.82) is 5.26 Å². The van der Waals surface area contributed by atoms with Crippen molar-refractivity contribution >= 4 is 5.69 Å². The maximum atomic E-state index is 13.7. The topological polar surface area (TPSA) is 57.7 Å². The van der Waals surface area contributed by atoms with Gasteiger partial charge in [-0.05, 0) is 25.0 Å². The Bertz CT molecular complexity index is 680. The Morgan fingerprint density at radius 1 is 1.33 bits per heavy atom. The fourth-order valence-electron chi connectivity index (χ4n) is 2.93. The van der Waals surface area contributed by atoms with E-state index in [4.69, 9.17) is 5.26 Å². The molecule has 0 atom stereocenters. The molecule has 0 saturated carbocycles. The van der Waals surface area contributed by atoms with E-state index in [9.17, 15) is 4.39 Å². The third-order valence-electron chi connectivity index (χ3n) is 4.05. The SMILES string of the molecule is Cn1cnnc1C1CCN(c2cccc(F)c2C#N)CC1. The first-order valence-electron chi connectivity index (χ1n) is 6.98. The molecule has 108 valence electrons. The maximum absolute atomic E-state index is 13.7. The van der Waals surface area contributed by atoms with Crippen molar-refractivity contribution in [3.63, 3.8) is 0 Å². The Morgan fingerprint density at radius 3 is 2.71 bits per heavy atom. The van der Waals surface area contributed by atoms with Crippen LogP contribution in [0, 0.1) is 17.1 Å². The van der Waals surface area contributed by atoms with Crippen LogP contribution >= 0.6 is 0 Å². The summed E-state index contributed by atoms with van der Waals surface area (Å²) < 4.78 is 15.6. The van der Waals surface area contributed by atoms with Gasteiger partial charge in [-0.25, -0.2) is 4.39 Å². The number of hydrogen-bond acceptors (Lipinski definition) is 4. The zero-order valence-electron chi connectivity index (χ0n) is 11.8. The van der Waals surface area contributed by atoms with Crippen molar-refractivity contribution in [1.82, 2.24) is 14.8 Å². The molecular formula is C15H16FN5. The Kier molecular flexibility index (Phi) is 3.57. The number of aromatic nitrogens is 3. The molecule has 1 aliphatic rings. The summed E-state index contributed by atoms with van der Waals surface area (Å²) in [5, 5.41) is 17.2. The summed E-state index contributed by atoms with van der Waals surface area (Å²) in [5.41, 5.74) is 0.823. The molecule has 1 aliphatic heterocycles. The van der Waals surface area contributed by atoms with Gasteiger partial charge in [0, 0.05) is 26.1 Å². The normalized spacial score (nSPS) is 16.0. The van der Waals surface area contributed by atoms with Crippen LogP contribution in [0.2, 0.25) is 0 Å². The average molecular weight is 285 g/mol. The molecule has 0 bridgehead atoms. The van der Waals surface area contributed by atoms with Gasteiger partial charge >= 0.3 is 0 Å². The molecule has 0 amide bonds. The molecule has 1 aromatic carbocycles. The molecule has 0 spiro atoms. The predicted octanol–water partition coefficient (Wildman–Crippen LogP) is 2.21. The van der Waals surface area contributed by atoms with Gasteiger partial charge in [0.15, 0.2) is 0 Å². The lowest BCUT2D eigenvalue weighted by atomic mass is 9.95. The van der Waals surface area contributed by atoms with Crippen molar-refractivity contribution < 1.29 is 4.39 Å². The first kappa shape index (κ1) is 13.6. The second kappa shape index (κ2) is 5.52. The van der Waals surface area contributed by atoms with Gasteiger partial charge in [0.1, 0.15) is 29.6 Å². The largest absolute Gasteiger partial charge is 0.370 e. The highest BCUT2D eigenvalue weighted by molar-refractivity contribution is 5.60. The van der Waals surface area contributed by atoms with E-state index in [2.05, 4.69) is 15.1 Å². The van der Waals surface area contributed by atoms with Gasteiger partial charge in [-0.3, -0.25) is 0 Å². The molecule has 6 heteroatoms. The molecule has 0 aliphatic carbocycles. The van der Waals surface area contributed by atoms with E-state index < -0.39 is 5.82 Å². The zero-order chi connectivity index (χ0) is 14.8. The standard InChI is InChI=1S/C15H16FN5/c1-20-10-18-19-15(20)11-5-7-21(8-6-11)14-4-2-3-13(16)12(14)9-17/h2-4,10-11H,5-8H2,1H3. The van der Waals surface area contributed by atoms with E-state index in [-0.39, 0.29) is 5.56 Å².